The molecule has 2 aliphatic rings. The maximum Gasteiger partial charge on any atom is 0.0702 e. The van der Waals surface area contributed by atoms with Crippen LogP contribution in [-0.2, 0) is 0 Å². The van der Waals surface area contributed by atoms with Crippen molar-refractivity contribution in [1.29, 1.82) is 0 Å². The molecule has 0 saturated carbocycles. The lowest BCUT2D eigenvalue weighted by Crippen LogP contribution is -2.44. The molecule has 1 atom stereocenters. The fourth-order valence-corrected chi connectivity index (χ4v) is 6.22. The molecule has 0 radical (unpaired) electrons. The first-order valence-electron chi connectivity index (χ1n) is 13.1. The molecule has 1 unspecified atom stereocenters. The van der Waals surface area contributed by atoms with Gasteiger partial charge in [-0.1, -0.05) is 103 Å². The Morgan fingerprint density at radius 2 is 1.35 bits per heavy atom. The maximum absolute atomic E-state index is 3.71. The third kappa shape index (κ3) is 3.31. The Labute approximate surface area is 217 Å². The summed E-state index contributed by atoms with van der Waals surface area (Å²) in [5.41, 5.74) is 10.6. The van der Waals surface area contributed by atoms with E-state index >= 15 is 0 Å². The maximum atomic E-state index is 3.71. The fraction of sp³-hybridized carbons (Fsp3) is 0.111. The molecule has 1 N–H and O–H groups in total. The van der Waals surface area contributed by atoms with Gasteiger partial charge in [-0.15, -0.1) is 0 Å². The van der Waals surface area contributed by atoms with Crippen molar-refractivity contribution >= 4 is 33.3 Å². The molecule has 178 valence electrons. The van der Waals surface area contributed by atoms with Crippen LogP contribution in [0.15, 0.2) is 103 Å². The summed E-state index contributed by atoms with van der Waals surface area (Å²) in [6.07, 6.45) is 11.1. The predicted molar refractivity (Wildman–Crippen MR) is 159 cm³/mol. The summed E-state index contributed by atoms with van der Waals surface area (Å²) in [7, 11) is 0. The van der Waals surface area contributed by atoms with Crippen molar-refractivity contribution in [1.82, 2.24) is 5.32 Å². The molecule has 5 aromatic rings. The van der Waals surface area contributed by atoms with E-state index in [2.05, 4.69) is 135 Å². The van der Waals surface area contributed by atoms with Crippen LogP contribution in [0.3, 0.4) is 0 Å². The van der Waals surface area contributed by atoms with Crippen LogP contribution in [0.4, 0.5) is 0 Å². The Bertz CT molecular complexity index is 1910. The van der Waals surface area contributed by atoms with Crippen molar-refractivity contribution in [2.75, 3.05) is 0 Å². The minimum Gasteiger partial charge on any atom is -0.380 e. The highest BCUT2D eigenvalue weighted by molar-refractivity contribution is 6.11. The topological polar surface area (TPSA) is 12.0 Å². The second kappa shape index (κ2) is 8.35. The molecule has 0 saturated heterocycles. The fourth-order valence-electron chi connectivity index (χ4n) is 6.22. The van der Waals surface area contributed by atoms with Crippen molar-refractivity contribution in [3.63, 3.8) is 0 Å². The number of nitrogens with one attached hydrogen (secondary N) is 1. The lowest BCUT2D eigenvalue weighted by molar-refractivity contribution is 0.878. The van der Waals surface area contributed by atoms with Gasteiger partial charge in [0.1, 0.15) is 0 Å². The van der Waals surface area contributed by atoms with Crippen LogP contribution in [0.5, 0.6) is 0 Å². The molecule has 0 aromatic heterocycles. The molecule has 5 aromatic carbocycles. The Morgan fingerprint density at radius 1 is 0.676 bits per heavy atom. The Morgan fingerprint density at radius 3 is 2.14 bits per heavy atom. The molecule has 1 heterocycles. The van der Waals surface area contributed by atoms with Gasteiger partial charge >= 0.3 is 0 Å². The van der Waals surface area contributed by atoms with E-state index in [1.54, 1.807) is 0 Å². The van der Waals surface area contributed by atoms with Crippen LogP contribution in [0, 0.1) is 20.8 Å². The van der Waals surface area contributed by atoms with Crippen LogP contribution >= 0.6 is 0 Å². The minimum atomic E-state index is 0.168. The van der Waals surface area contributed by atoms with Crippen molar-refractivity contribution in [2.45, 2.75) is 26.8 Å². The number of fused-ring (bicyclic) bond motifs is 4. The van der Waals surface area contributed by atoms with E-state index in [1.807, 2.05) is 0 Å². The van der Waals surface area contributed by atoms with Gasteiger partial charge in [-0.2, -0.15) is 0 Å². The van der Waals surface area contributed by atoms with Gasteiger partial charge in [0.15, 0.2) is 0 Å². The van der Waals surface area contributed by atoms with Gasteiger partial charge in [-0.3, -0.25) is 0 Å². The van der Waals surface area contributed by atoms with E-state index in [0.29, 0.717) is 0 Å². The van der Waals surface area contributed by atoms with Gasteiger partial charge in [0.05, 0.1) is 6.04 Å². The number of hydrogen-bond acceptors (Lipinski definition) is 1. The minimum absolute atomic E-state index is 0.168. The predicted octanol–water partition coefficient (Wildman–Crippen LogP) is 7.24. The van der Waals surface area contributed by atoms with Crippen molar-refractivity contribution in [3.8, 4) is 22.3 Å². The lowest BCUT2D eigenvalue weighted by Gasteiger charge is -2.26. The summed E-state index contributed by atoms with van der Waals surface area (Å²) < 4.78 is 0. The zero-order valence-corrected chi connectivity index (χ0v) is 21.5. The normalized spacial score (nSPS) is 15.9. The number of benzene rings is 5. The van der Waals surface area contributed by atoms with Gasteiger partial charge in [0.2, 0.25) is 0 Å². The molecule has 0 fully saturated rings. The summed E-state index contributed by atoms with van der Waals surface area (Å²) in [5, 5.41) is 11.5. The van der Waals surface area contributed by atoms with Gasteiger partial charge in [-0.05, 0) is 92.1 Å². The first kappa shape index (κ1) is 21.9. The summed E-state index contributed by atoms with van der Waals surface area (Å²) in [6.45, 7) is 6.68. The third-order valence-electron chi connectivity index (χ3n) is 8.25. The number of allylic oxidation sites excluding steroid dienone is 2. The van der Waals surface area contributed by atoms with E-state index in [4.69, 9.17) is 0 Å². The van der Waals surface area contributed by atoms with Crippen molar-refractivity contribution in [2.24, 2.45) is 0 Å². The molecule has 1 aliphatic heterocycles. The van der Waals surface area contributed by atoms with Gasteiger partial charge in [0, 0.05) is 11.4 Å². The summed E-state index contributed by atoms with van der Waals surface area (Å²) in [4.78, 5) is 0. The molecule has 0 amide bonds. The van der Waals surface area contributed by atoms with Gasteiger partial charge in [-0.25, -0.2) is 0 Å². The molecule has 0 bridgehead atoms. The molecule has 37 heavy (non-hydrogen) atoms. The first-order valence-corrected chi connectivity index (χ1v) is 13.1. The molecule has 7 rings (SSSR count). The number of aryl methyl sites for hydroxylation is 2. The quantitative estimate of drug-likeness (QED) is 0.284. The van der Waals surface area contributed by atoms with E-state index in [1.165, 1.54) is 76.5 Å². The summed E-state index contributed by atoms with van der Waals surface area (Å²) in [5.74, 6) is 0. The number of rotatable bonds is 2. The van der Waals surface area contributed by atoms with Crippen LogP contribution in [-0.4, -0.2) is 6.04 Å². The average Bonchev–Trinajstić information content (AvgIpc) is 2.94. The van der Waals surface area contributed by atoms with Crippen LogP contribution in [0.25, 0.3) is 55.6 Å². The molecule has 0 spiro atoms. The van der Waals surface area contributed by atoms with Crippen molar-refractivity contribution in [3.05, 3.63) is 130 Å². The molecule has 1 nitrogen and oxygen atoms in total. The Hall–Kier alpha value is -4.36. The van der Waals surface area contributed by atoms with Crippen molar-refractivity contribution < 1.29 is 0 Å². The van der Waals surface area contributed by atoms with Crippen LogP contribution < -0.4 is 15.8 Å². The summed E-state index contributed by atoms with van der Waals surface area (Å²) >= 11 is 0. The molecular weight excluding hydrogens is 446 g/mol. The zero-order valence-electron chi connectivity index (χ0n) is 21.5. The largest absolute Gasteiger partial charge is 0.380 e. The monoisotopic (exact) mass is 475 g/mol. The standard InChI is InChI=1S/C36H29N/c1-22-19-26(20-23(2)24(22)3)34-29-14-6-7-15-30(29)35(28-17-10-12-25-11-4-5-13-27(25)28)36-31-16-8-9-18-33(31)37-21-32(34)36/h4-21,33,37H,1-3H3. The Kier molecular flexibility index (Phi) is 4.94. The second-order valence-corrected chi connectivity index (χ2v) is 10.3. The van der Waals surface area contributed by atoms with E-state index < -0.39 is 0 Å². The lowest BCUT2D eigenvalue weighted by atomic mass is 9.82. The highest BCUT2D eigenvalue weighted by Gasteiger charge is 2.23. The molecular formula is C36H29N. The number of hydrogen-bond donors (Lipinski definition) is 1. The van der Waals surface area contributed by atoms with E-state index in [9.17, 15) is 0 Å². The second-order valence-electron chi connectivity index (χ2n) is 10.3. The highest BCUT2D eigenvalue weighted by atomic mass is 14.9. The smallest absolute Gasteiger partial charge is 0.0702 e. The molecule has 1 heteroatoms. The van der Waals surface area contributed by atoms with Gasteiger partial charge < -0.3 is 5.32 Å². The first-order chi connectivity index (χ1) is 18.1. The summed E-state index contributed by atoms with van der Waals surface area (Å²) in [6, 6.07) is 29.3. The average molecular weight is 476 g/mol. The van der Waals surface area contributed by atoms with Gasteiger partial charge in [0.25, 0.3) is 0 Å². The molecule has 1 aliphatic carbocycles. The highest BCUT2D eigenvalue weighted by Crippen LogP contribution is 2.36. The van der Waals surface area contributed by atoms with Crippen LogP contribution in [0.1, 0.15) is 16.7 Å². The Balaban J connectivity index is 1.74. The van der Waals surface area contributed by atoms with E-state index in [-0.39, 0.29) is 6.04 Å². The SMILES string of the molecule is Cc1cc(-c2c3c(c(-c4cccc5ccccc45)c4ccccc24)=C2C=CC=CC2NC=3)cc(C)c1C. The van der Waals surface area contributed by atoms with E-state index in [0.717, 1.165) is 0 Å². The zero-order chi connectivity index (χ0) is 25.1. The van der Waals surface area contributed by atoms with Crippen LogP contribution in [0.2, 0.25) is 0 Å². The third-order valence-corrected chi connectivity index (χ3v) is 8.25.